The van der Waals surface area contributed by atoms with Crippen LogP contribution in [0.1, 0.15) is 18.4 Å². The summed E-state index contributed by atoms with van der Waals surface area (Å²) in [5.41, 5.74) is 0.688. The van der Waals surface area contributed by atoms with Gasteiger partial charge in [0.25, 0.3) is 0 Å². The molecule has 2 rings (SSSR count). The van der Waals surface area contributed by atoms with E-state index in [1.807, 2.05) is 5.32 Å². The zero-order valence-electron chi connectivity index (χ0n) is 11.5. The lowest BCUT2D eigenvalue weighted by Gasteiger charge is -2.21. The number of carbonyl (C=O) groups is 2. The first-order valence-corrected chi connectivity index (χ1v) is 6.70. The third kappa shape index (κ3) is 4.64. The molecule has 1 aliphatic carbocycles. The van der Waals surface area contributed by atoms with Gasteiger partial charge in [-0.2, -0.15) is 13.2 Å². The van der Waals surface area contributed by atoms with E-state index in [1.165, 1.54) is 18.2 Å². The van der Waals surface area contributed by atoms with Crippen LogP contribution in [0.15, 0.2) is 24.3 Å². The van der Waals surface area contributed by atoms with Gasteiger partial charge in [0.05, 0.1) is 6.42 Å². The molecule has 3 N–H and O–H groups in total. The van der Waals surface area contributed by atoms with Crippen molar-refractivity contribution in [2.75, 3.05) is 5.32 Å². The summed E-state index contributed by atoms with van der Waals surface area (Å²) in [5.74, 6) is -1.60. The fourth-order valence-electron chi connectivity index (χ4n) is 2.14. The van der Waals surface area contributed by atoms with Gasteiger partial charge in [0.1, 0.15) is 6.04 Å². The van der Waals surface area contributed by atoms with Crippen LogP contribution < -0.4 is 10.6 Å². The molecule has 1 aliphatic rings. The molecule has 0 radical (unpaired) electrons. The van der Waals surface area contributed by atoms with E-state index in [9.17, 15) is 22.8 Å². The second-order valence-electron chi connectivity index (χ2n) is 5.23. The number of halogens is 3. The third-order valence-corrected chi connectivity index (χ3v) is 3.27. The number of alkyl halides is 3. The molecule has 22 heavy (non-hydrogen) atoms. The molecular formula is C14H15F3N2O3. The molecule has 1 aromatic rings. The van der Waals surface area contributed by atoms with Crippen molar-refractivity contribution in [2.24, 2.45) is 5.92 Å². The molecule has 0 aliphatic heterocycles. The predicted molar refractivity (Wildman–Crippen MR) is 72.5 cm³/mol. The Kier molecular flexibility index (Phi) is 4.58. The van der Waals surface area contributed by atoms with E-state index in [1.54, 1.807) is 6.07 Å². The van der Waals surface area contributed by atoms with Gasteiger partial charge < -0.3 is 15.7 Å². The van der Waals surface area contributed by atoms with Gasteiger partial charge in [-0.15, -0.1) is 0 Å². The molecule has 0 aromatic heterocycles. The summed E-state index contributed by atoms with van der Waals surface area (Å²) in [4.78, 5) is 22.3. The second-order valence-corrected chi connectivity index (χ2v) is 5.23. The average molecular weight is 316 g/mol. The number of anilines is 1. The molecule has 0 saturated heterocycles. The molecule has 1 atom stereocenters. The molecule has 5 nitrogen and oxygen atoms in total. The highest BCUT2D eigenvalue weighted by molar-refractivity contribution is 5.89. The SMILES string of the molecule is O=C(O)Cc1cccc(NC(=O)NC(C2CC2)C(F)(F)F)c1. The summed E-state index contributed by atoms with van der Waals surface area (Å²) < 4.78 is 38.4. The topological polar surface area (TPSA) is 78.4 Å². The zero-order chi connectivity index (χ0) is 16.3. The van der Waals surface area contributed by atoms with Crippen molar-refractivity contribution in [1.29, 1.82) is 0 Å². The smallest absolute Gasteiger partial charge is 0.408 e. The van der Waals surface area contributed by atoms with Crippen LogP contribution in [0.5, 0.6) is 0 Å². The number of rotatable bonds is 5. The van der Waals surface area contributed by atoms with Crippen molar-refractivity contribution >= 4 is 17.7 Å². The van der Waals surface area contributed by atoms with Crippen LogP contribution in [0.4, 0.5) is 23.7 Å². The van der Waals surface area contributed by atoms with Crippen molar-refractivity contribution in [3.63, 3.8) is 0 Å². The number of carbonyl (C=O) groups excluding carboxylic acids is 1. The van der Waals surface area contributed by atoms with E-state index in [-0.39, 0.29) is 12.1 Å². The first-order valence-electron chi connectivity index (χ1n) is 6.70. The first-order chi connectivity index (χ1) is 10.3. The van der Waals surface area contributed by atoms with Gasteiger partial charge in [-0.1, -0.05) is 12.1 Å². The Hall–Kier alpha value is -2.25. The molecule has 1 fully saturated rings. The summed E-state index contributed by atoms with van der Waals surface area (Å²) >= 11 is 0. The lowest BCUT2D eigenvalue weighted by atomic mass is 10.1. The lowest BCUT2D eigenvalue weighted by Crippen LogP contribution is -2.48. The largest absolute Gasteiger partial charge is 0.481 e. The Bertz CT molecular complexity index is 571. The second kappa shape index (κ2) is 6.25. The van der Waals surface area contributed by atoms with Crippen molar-refractivity contribution in [1.82, 2.24) is 5.32 Å². The van der Waals surface area contributed by atoms with Crippen LogP contribution in [-0.2, 0) is 11.2 Å². The Morgan fingerprint density at radius 2 is 2.00 bits per heavy atom. The summed E-state index contributed by atoms with van der Waals surface area (Å²) in [6.45, 7) is 0. The Labute approximate surface area is 124 Å². The molecule has 0 heterocycles. The number of carboxylic acids is 1. The van der Waals surface area contributed by atoms with Crippen molar-refractivity contribution in [3.05, 3.63) is 29.8 Å². The molecule has 1 aromatic carbocycles. The van der Waals surface area contributed by atoms with Gasteiger partial charge in [-0.3, -0.25) is 4.79 Å². The van der Waals surface area contributed by atoms with E-state index in [0.29, 0.717) is 18.4 Å². The number of urea groups is 1. The highest BCUT2D eigenvalue weighted by Crippen LogP contribution is 2.40. The predicted octanol–water partition coefficient (Wildman–Crippen LogP) is 2.78. The molecule has 2 amide bonds. The van der Waals surface area contributed by atoms with Crippen molar-refractivity contribution in [3.8, 4) is 0 Å². The standard InChI is InChI=1S/C14H15F3N2O3/c15-14(16,17)12(9-4-5-9)19-13(22)18-10-3-1-2-8(6-10)7-11(20)21/h1-3,6,9,12H,4-5,7H2,(H,20,21)(H2,18,19,22). The van der Waals surface area contributed by atoms with Crippen molar-refractivity contribution < 1.29 is 27.9 Å². The molecule has 0 bridgehead atoms. The van der Waals surface area contributed by atoms with Crippen LogP contribution in [0.25, 0.3) is 0 Å². The van der Waals surface area contributed by atoms with Gasteiger partial charge in [-0.25, -0.2) is 4.79 Å². The minimum Gasteiger partial charge on any atom is -0.481 e. The molecule has 120 valence electrons. The highest BCUT2D eigenvalue weighted by Gasteiger charge is 2.49. The van der Waals surface area contributed by atoms with Gasteiger partial charge in [0.2, 0.25) is 0 Å². The monoisotopic (exact) mass is 316 g/mol. The average Bonchev–Trinajstić information content (AvgIpc) is 3.18. The van der Waals surface area contributed by atoms with Gasteiger partial charge in [0.15, 0.2) is 0 Å². The van der Waals surface area contributed by atoms with E-state index in [0.717, 1.165) is 0 Å². The van der Waals surface area contributed by atoms with E-state index >= 15 is 0 Å². The Morgan fingerprint density at radius 1 is 1.32 bits per heavy atom. The molecular weight excluding hydrogens is 301 g/mol. The normalized spacial score (nSPS) is 16.0. The molecule has 1 saturated carbocycles. The van der Waals surface area contributed by atoms with E-state index < -0.39 is 30.1 Å². The van der Waals surface area contributed by atoms with Gasteiger partial charge in [-0.05, 0) is 36.5 Å². The highest BCUT2D eigenvalue weighted by atomic mass is 19.4. The van der Waals surface area contributed by atoms with Crippen LogP contribution in [0, 0.1) is 5.92 Å². The number of hydrogen-bond donors (Lipinski definition) is 3. The summed E-state index contributed by atoms with van der Waals surface area (Å²) in [7, 11) is 0. The van der Waals surface area contributed by atoms with E-state index in [4.69, 9.17) is 5.11 Å². The Balaban J connectivity index is 1.98. The van der Waals surface area contributed by atoms with Crippen molar-refractivity contribution in [2.45, 2.75) is 31.5 Å². The maximum absolute atomic E-state index is 12.8. The fraction of sp³-hybridized carbons (Fsp3) is 0.429. The van der Waals surface area contributed by atoms with Gasteiger partial charge >= 0.3 is 18.2 Å². The van der Waals surface area contributed by atoms with Crippen LogP contribution >= 0.6 is 0 Å². The van der Waals surface area contributed by atoms with Crippen LogP contribution in [-0.4, -0.2) is 29.3 Å². The first kappa shape index (κ1) is 16.1. The number of benzene rings is 1. The number of carboxylic acid groups (broad SMARTS) is 1. The minimum absolute atomic E-state index is 0.232. The van der Waals surface area contributed by atoms with Crippen LogP contribution in [0.2, 0.25) is 0 Å². The maximum atomic E-state index is 12.8. The fourth-order valence-corrected chi connectivity index (χ4v) is 2.14. The number of hydrogen-bond acceptors (Lipinski definition) is 2. The lowest BCUT2D eigenvalue weighted by molar-refractivity contribution is -0.157. The summed E-state index contributed by atoms with van der Waals surface area (Å²) in [6.07, 6.45) is -3.83. The third-order valence-electron chi connectivity index (χ3n) is 3.27. The minimum atomic E-state index is -4.48. The van der Waals surface area contributed by atoms with Crippen LogP contribution in [0.3, 0.4) is 0 Å². The van der Waals surface area contributed by atoms with Gasteiger partial charge in [0, 0.05) is 5.69 Å². The molecule has 0 spiro atoms. The number of nitrogens with one attached hydrogen (secondary N) is 2. The summed E-state index contributed by atoms with van der Waals surface area (Å²) in [6, 6.07) is 3.16. The quantitative estimate of drug-likeness (QED) is 0.781. The molecule has 1 unspecified atom stereocenters. The number of aliphatic carboxylic acids is 1. The van der Waals surface area contributed by atoms with E-state index in [2.05, 4.69) is 5.32 Å². The number of amides is 2. The maximum Gasteiger partial charge on any atom is 0.408 e. The molecule has 8 heteroatoms. The zero-order valence-corrected chi connectivity index (χ0v) is 11.5. The Morgan fingerprint density at radius 3 is 2.55 bits per heavy atom. The summed E-state index contributed by atoms with van der Waals surface area (Å²) in [5, 5.41) is 12.9.